The Labute approximate surface area is 211 Å². The predicted molar refractivity (Wildman–Crippen MR) is 134 cm³/mol. The number of benzene rings is 1. The van der Waals surface area contributed by atoms with E-state index in [0.717, 1.165) is 4.90 Å². The summed E-state index contributed by atoms with van der Waals surface area (Å²) in [5.74, 6) is 5.55. The first-order chi connectivity index (χ1) is 16.7. The fraction of sp³-hybridized carbons (Fsp3) is 0.385. The van der Waals surface area contributed by atoms with Crippen molar-refractivity contribution in [1.29, 1.82) is 5.41 Å². The van der Waals surface area contributed by atoms with Gasteiger partial charge in [-0.1, -0.05) is 12.5 Å². The normalized spacial score (nSPS) is 11.3. The Morgan fingerprint density at radius 1 is 1.25 bits per heavy atom. The molecule has 1 aromatic carbocycles. The molecule has 0 saturated heterocycles. The SMILES string of the molecule is C=Cn1c(C)nc(COCC(=O)[N+](C)(C)C(=N)N(C)C(=O)OC(C)(C)C)c1C#Cc1ccc(F)cc1. The third-order valence-electron chi connectivity index (χ3n) is 5.11. The van der Waals surface area contributed by atoms with Crippen molar-refractivity contribution in [3.63, 3.8) is 0 Å². The second kappa shape index (κ2) is 11.3. The molecular weight excluding hydrogens is 465 g/mol. The summed E-state index contributed by atoms with van der Waals surface area (Å²) in [6.07, 6.45) is 0.835. The van der Waals surface area contributed by atoms with Gasteiger partial charge in [-0.25, -0.2) is 29.3 Å². The number of likely N-dealkylation sites (N-methyl/N-ethyl adjacent to an activating group) is 1. The van der Waals surface area contributed by atoms with E-state index in [1.54, 1.807) is 50.6 Å². The maximum Gasteiger partial charge on any atom is 0.419 e. The van der Waals surface area contributed by atoms with Crippen LogP contribution in [-0.2, 0) is 20.9 Å². The highest BCUT2D eigenvalue weighted by Crippen LogP contribution is 2.15. The average molecular weight is 499 g/mol. The van der Waals surface area contributed by atoms with E-state index in [4.69, 9.17) is 14.9 Å². The van der Waals surface area contributed by atoms with Crippen molar-refractivity contribution >= 4 is 24.2 Å². The molecule has 0 aliphatic carbocycles. The van der Waals surface area contributed by atoms with Crippen molar-refractivity contribution in [2.45, 2.75) is 39.9 Å². The summed E-state index contributed by atoms with van der Waals surface area (Å²) in [4.78, 5) is 30.6. The molecule has 0 aliphatic heterocycles. The molecule has 0 aliphatic rings. The van der Waals surface area contributed by atoms with Crippen LogP contribution in [0, 0.1) is 30.0 Å². The number of aromatic nitrogens is 2. The molecule has 0 spiro atoms. The lowest BCUT2D eigenvalue weighted by Crippen LogP contribution is -2.59. The van der Waals surface area contributed by atoms with E-state index in [2.05, 4.69) is 23.4 Å². The van der Waals surface area contributed by atoms with E-state index in [-0.39, 0.29) is 25.0 Å². The number of carbonyl (C=O) groups excluding carboxylic acids is 2. The standard InChI is InChI=1S/C26H33FN5O4/c1-9-31-18(2)29-21(22(31)15-12-19-10-13-20(27)14-11-19)16-35-17-23(33)32(7,8)24(28)30(6)25(34)36-26(3,4)5/h9-11,13-14,28H,1,16-17H2,2-8H3/q+1. The summed E-state index contributed by atoms with van der Waals surface area (Å²) >= 11 is 0. The Morgan fingerprint density at radius 3 is 2.42 bits per heavy atom. The second-order valence-electron chi connectivity index (χ2n) is 9.47. The van der Waals surface area contributed by atoms with Gasteiger partial charge >= 0.3 is 18.0 Å². The molecule has 9 nitrogen and oxygen atoms in total. The molecule has 1 aromatic heterocycles. The number of ether oxygens (including phenoxy) is 2. The first-order valence-electron chi connectivity index (χ1n) is 11.2. The van der Waals surface area contributed by atoms with Crippen LogP contribution in [0.15, 0.2) is 30.8 Å². The van der Waals surface area contributed by atoms with Gasteiger partial charge in [-0.05, 0) is 57.9 Å². The molecule has 0 saturated carbocycles. The Hall–Kier alpha value is -3.81. The van der Waals surface area contributed by atoms with Gasteiger partial charge in [-0.2, -0.15) is 4.48 Å². The molecule has 0 radical (unpaired) electrons. The molecule has 0 atom stereocenters. The number of carbonyl (C=O) groups is 2. The Morgan fingerprint density at radius 2 is 1.86 bits per heavy atom. The minimum Gasteiger partial charge on any atom is -0.443 e. The molecule has 36 heavy (non-hydrogen) atoms. The van der Waals surface area contributed by atoms with Crippen molar-refractivity contribution in [3.05, 3.63) is 59.4 Å². The minimum atomic E-state index is -0.736. The van der Waals surface area contributed by atoms with Crippen molar-refractivity contribution < 1.29 is 27.9 Å². The van der Waals surface area contributed by atoms with E-state index < -0.39 is 22.1 Å². The lowest BCUT2D eigenvalue weighted by Gasteiger charge is -2.31. The van der Waals surface area contributed by atoms with E-state index in [0.29, 0.717) is 22.8 Å². The summed E-state index contributed by atoms with van der Waals surface area (Å²) in [5.41, 5.74) is 0.922. The largest absolute Gasteiger partial charge is 0.443 e. The van der Waals surface area contributed by atoms with Gasteiger partial charge in [0.25, 0.3) is 0 Å². The van der Waals surface area contributed by atoms with Gasteiger partial charge in [-0.15, -0.1) is 0 Å². The van der Waals surface area contributed by atoms with Crippen molar-refractivity contribution in [3.8, 4) is 11.8 Å². The number of guanidine groups is 1. The van der Waals surface area contributed by atoms with Crippen LogP contribution in [0.4, 0.5) is 9.18 Å². The first kappa shape index (κ1) is 28.4. The van der Waals surface area contributed by atoms with Gasteiger partial charge in [-0.3, -0.25) is 4.57 Å². The van der Waals surface area contributed by atoms with E-state index in [9.17, 15) is 14.0 Å². The fourth-order valence-electron chi connectivity index (χ4n) is 3.03. The molecule has 0 fully saturated rings. The zero-order chi connectivity index (χ0) is 27.3. The van der Waals surface area contributed by atoms with Crippen LogP contribution < -0.4 is 0 Å². The lowest BCUT2D eigenvalue weighted by molar-refractivity contribution is -0.725. The molecule has 0 bridgehead atoms. The fourth-order valence-corrected chi connectivity index (χ4v) is 3.03. The number of amides is 2. The van der Waals surface area contributed by atoms with E-state index >= 15 is 0 Å². The average Bonchev–Trinajstić information content (AvgIpc) is 3.10. The molecule has 1 N–H and O–H groups in total. The van der Waals surface area contributed by atoms with Crippen LogP contribution in [0.5, 0.6) is 0 Å². The summed E-state index contributed by atoms with van der Waals surface area (Å²) in [6.45, 7) is 10.4. The quantitative estimate of drug-likeness (QED) is 0.293. The highest BCUT2D eigenvalue weighted by Gasteiger charge is 2.38. The number of hydrogen-bond donors (Lipinski definition) is 1. The number of rotatable bonds is 5. The molecular formula is C26H33FN5O4+. The number of nitrogens with one attached hydrogen (secondary N) is 1. The number of hydrogen-bond acceptors (Lipinski definition) is 6. The van der Waals surface area contributed by atoms with Gasteiger partial charge in [0.1, 0.15) is 28.6 Å². The van der Waals surface area contributed by atoms with Crippen LogP contribution in [0.1, 0.15) is 43.5 Å². The smallest absolute Gasteiger partial charge is 0.419 e. The van der Waals surface area contributed by atoms with Gasteiger partial charge in [0.05, 0.1) is 20.7 Å². The number of halogens is 1. The number of imidazole rings is 1. The van der Waals surface area contributed by atoms with Gasteiger partial charge < -0.3 is 9.47 Å². The zero-order valence-electron chi connectivity index (χ0n) is 21.8. The number of quaternary nitrogens is 1. The van der Waals surface area contributed by atoms with Gasteiger partial charge in [0.15, 0.2) is 6.61 Å². The zero-order valence-corrected chi connectivity index (χ0v) is 21.8. The molecule has 2 aromatic rings. The maximum atomic E-state index is 13.2. The van der Waals surface area contributed by atoms with E-state index in [1.165, 1.54) is 33.3 Å². The van der Waals surface area contributed by atoms with Gasteiger partial charge in [0.2, 0.25) is 0 Å². The second-order valence-corrected chi connectivity index (χ2v) is 9.47. The molecule has 10 heteroatoms. The molecule has 192 valence electrons. The van der Waals surface area contributed by atoms with Crippen LogP contribution in [-0.4, -0.2) is 70.2 Å². The predicted octanol–water partition coefficient (Wildman–Crippen LogP) is 3.75. The van der Waals surface area contributed by atoms with Crippen molar-refractivity contribution in [2.75, 3.05) is 27.7 Å². The minimum absolute atomic E-state index is 0.0178. The highest BCUT2D eigenvalue weighted by atomic mass is 19.1. The Kier molecular flexibility index (Phi) is 8.91. The number of nitrogens with zero attached hydrogens (tertiary/aromatic N) is 4. The summed E-state index contributed by atoms with van der Waals surface area (Å²) in [5, 5.41) is 8.36. The molecule has 2 amide bonds. The van der Waals surface area contributed by atoms with Crippen molar-refractivity contribution in [2.24, 2.45) is 0 Å². The van der Waals surface area contributed by atoms with Crippen LogP contribution >= 0.6 is 0 Å². The summed E-state index contributed by atoms with van der Waals surface area (Å²) in [6, 6.07) is 5.80. The van der Waals surface area contributed by atoms with E-state index in [1.807, 2.05) is 0 Å². The number of aryl methyl sites for hydroxylation is 1. The first-order valence-corrected chi connectivity index (χ1v) is 11.2. The molecule has 1 heterocycles. The summed E-state index contributed by atoms with van der Waals surface area (Å²) in [7, 11) is 4.36. The topological polar surface area (TPSA) is 97.5 Å². The molecule has 2 rings (SSSR count). The summed E-state index contributed by atoms with van der Waals surface area (Å²) < 4.78 is 25.2. The van der Waals surface area contributed by atoms with Gasteiger partial charge in [0, 0.05) is 18.8 Å². The van der Waals surface area contributed by atoms with Crippen LogP contribution in [0.25, 0.3) is 6.20 Å². The Bertz CT molecular complexity index is 1210. The Balaban J connectivity index is 2.12. The monoisotopic (exact) mass is 498 g/mol. The molecule has 0 unspecified atom stereocenters. The van der Waals surface area contributed by atoms with Crippen LogP contribution in [0.2, 0.25) is 0 Å². The third kappa shape index (κ3) is 7.10. The maximum absolute atomic E-state index is 13.2. The van der Waals surface area contributed by atoms with Crippen LogP contribution in [0.3, 0.4) is 0 Å². The van der Waals surface area contributed by atoms with Crippen molar-refractivity contribution in [1.82, 2.24) is 14.5 Å². The third-order valence-corrected chi connectivity index (χ3v) is 5.11. The lowest BCUT2D eigenvalue weighted by atomic mass is 10.2. The highest BCUT2D eigenvalue weighted by molar-refractivity contribution is 5.93.